The Labute approximate surface area is 360 Å². The van der Waals surface area contributed by atoms with Crippen LogP contribution in [-0.4, -0.2) is 0 Å². The number of para-hydroxylation sites is 1. The second kappa shape index (κ2) is 14.2. The lowest BCUT2D eigenvalue weighted by molar-refractivity contribution is 0.660. The van der Waals surface area contributed by atoms with Gasteiger partial charge in [-0.15, -0.1) is 0 Å². The van der Waals surface area contributed by atoms with E-state index in [0.29, 0.717) is 0 Å². The van der Waals surface area contributed by atoms with Crippen molar-refractivity contribution in [1.82, 2.24) is 0 Å². The molecule has 0 saturated carbocycles. The van der Waals surface area contributed by atoms with Crippen molar-refractivity contribution in [1.29, 1.82) is 0 Å². The maximum atomic E-state index is 2.61. The Kier molecular flexibility index (Phi) is 8.58. The maximum Gasteiger partial charge on any atom is 0.0546 e. The van der Waals surface area contributed by atoms with Crippen LogP contribution in [0, 0.1) is 0 Å². The molecule has 61 heavy (non-hydrogen) atoms. The Morgan fingerprint density at radius 3 is 1.41 bits per heavy atom. The molecule has 9 aromatic rings. The van der Waals surface area contributed by atoms with Crippen molar-refractivity contribution in [3.8, 4) is 66.8 Å². The van der Waals surface area contributed by atoms with Gasteiger partial charge in [-0.3, -0.25) is 0 Å². The number of anilines is 3. The number of fused-ring (bicyclic) bond motifs is 6. The van der Waals surface area contributed by atoms with Crippen molar-refractivity contribution >= 4 is 17.1 Å². The van der Waals surface area contributed by atoms with Crippen molar-refractivity contribution in [3.63, 3.8) is 0 Å². The van der Waals surface area contributed by atoms with E-state index in [0.717, 1.165) is 11.4 Å². The first-order chi connectivity index (χ1) is 29.8. The van der Waals surface area contributed by atoms with Gasteiger partial charge in [0.1, 0.15) is 0 Å². The molecule has 1 nitrogen and oxygen atoms in total. The van der Waals surface area contributed by atoms with Gasteiger partial charge >= 0.3 is 0 Å². The number of benzene rings is 9. The molecule has 0 atom stereocenters. The molecular formula is C60H47N. The lowest BCUT2D eigenvalue weighted by Gasteiger charge is -2.35. The van der Waals surface area contributed by atoms with E-state index in [-0.39, 0.29) is 10.8 Å². The van der Waals surface area contributed by atoms with E-state index in [1.807, 2.05) is 0 Å². The van der Waals surface area contributed by atoms with Gasteiger partial charge in [0.25, 0.3) is 0 Å². The minimum atomic E-state index is -0.258. The summed E-state index contributed by atoms with van der Waals surface area (Å²) in [6, 6.07) is 78.6. The average molecular weight is 782 g/mol. The van der Waals surface area contributed by atoms with Crippen LogP contribution in [0.4, 0.5) is 17.1 Å². The fourth-order valence-corrected chi connectivity index (χ4v) is 10.7. The third-order valence-electron chi connectivity index (χ3n) is 13.5. The summed E-state index contributed by atoms with van der Waals surface area (Å²) in [6.07, 6.45) is 0. The summed E-state index contributed by atoms with van der Waals surface area (Å²) in [5.74, 6) is 0. The summed E-state index contributed by atoms with van der Waals surface area (Å²) >= 11 is 0. The fourth-order valence-electron chi connectivity index (χ4n) is 10.7. The van der Waals surface area contributed by atoms with Gasteiger partial charge in [0, 0.05) is 22.0 Å². The Balaban J connectivity index is 1.27. The van der Waals surface area contributed by atoms with Gasteiger partial charge in [-0.05, 0) is 96.1 Å². The zero-order valence-electron chi connectivity index (χ0n) is 35.2. The number of nitrogens with zero attached hydrogens (tertiary/aromatic N) is 1. The SMILES string of the molecule is CC1(C)c2ccccc2-c2c(-c3ccccc3N(c3cccc(-c4ccccc4)c3-c3ccccc3-c3ccccc3)c3cccc4c3C(C)(C)c3ccccc3-4)cccc21. The molecule has 11 rings (SSSR count). The van der Waals surface area contributed by atoms with Crippen LogP contribution in [0.2, 0.25) is 0 Å². The Hall–Kier alpha value is -7.22. The minimum Gasteiger partial charge on any atom is -0.309 e. The molecule has 0 N–H and O–H groups in total. The molecule has 0 bridgehead atoms. The van der Waals surface area contributed by atoms with E-state index < -0.39 is 0 Å². The van der Waals surface area contributed by atoms with Crippen LogP contribution in [-0.2, 0) is 10.8 Å². The van der Waals surface area contributed by atoms with Crippen molar-refractivity contribution in [2.45, 2.75) is 38.5 Å². The predicted octanol–water partition coefficient (Wildman–Crippen LogP) is 16.4. The molecule has 0 radical (unpaired) electrons. The molecule has 0 aromatic heterocycles. The molecule has 0 saturated heterocycles. The molecule has 2 aliphatic carbocycles. The van der Waals surface area contributed by atoms with Crippen LogP contribution in [0.15, 0.2) is 212 Å². The molecule has 0 unspecified atom stereocenters. The van der Waals surface area contributed by atoms with E-state index in [9.17, 15) is 0 Å². The first-order valence-electron chi connectivity index (χ1n) is 21.5. The monoisotopic (exact) mass is 781 g/mol. The molecule has 0 spiro atoms. The van der Waals surface area contributed by atoms with Crippen LogP contribution in [0.1, 0.15) is 49.9 Å². The molecule has 0 heterocycles. The zero-order valence-corrected chi connectivity index (χ0v) is 35.2. The Morgan fingerprint density at radius 2 is 0.705 bits per heavy atom. The summed E-state index contributed by atoms with van der Waals surface area (Å²) in [6.45, 7) is 9.55. The number of hydrogen-bond acceptors (Lipinski definition) is 1. The molecule has 1 heteroatoms. The highest BCUT2D eigenvalue weighted by Gasteiger charge is 2.41. The van der Waals surface area contributed by atoms with E-state index >= 15 is 0 Å². The van der Waals surface area contributed by atoms with Crippen LogP contribution < -0.4 is 4.90 Å². The molecule has 2 aliphatic rings. The molecule has 9 aromatic carbocycles. The minimum absolute atomic E-state index is 0.120. The largest absolute Gasteiger partial charge is 0.309 e. The van der Waals surface area contributed by atoms with Gasteiger partial charge in [0.05, 0.1) is 17.1 Å². The standard InChI is InChI=1S/C60H47N/c1-59(2)51-35-17-14-30-49(51)56-47(32-19-36-52(56)59)45-28-15-18-37-53(45)61(55-39-21-33-48-44-27-13-16-34-50(44)60(3,4)58(48)55)54-38-20-31-43(41-24-9-6-10-25-41)57(54)46-29-12-11-26-42(46)40-22-7-5-8-23-40/h5-39H,1-4H3. The van der Waals surface area contributed by atoms with Crippen molar-refractivity contribution < 1.29 is 0 Å². The zero-order chi connectivity index (χ0) is 41.3. The van der Waals surface area contributed by atoms with Gasteiger partial charge < -0.3 is 4.90 Å². The topological polar surface area (TPSA) is 3.24 Å². The fraction of sp³-hybridized carbons (Fsp3) is 0.100. The quantitative estimate of drug-likeness (QED) is 0.156. The highest BCUT2D eigenvalue weighted by atomic mass is 15.2. The van der Waals surface area contributed by atoms with E-state index in [2.05, 4.69) is 245 Å². The highest BCUT2D eigenvalue weighted by molar-refractivity contribution is 6.05. The second-order valence-electron chi connectivity index (χ2n) is 17.6. The molecular weight excluding hydrogens is 735 g/mol. The van der Waals surface area contributed by atoms with E-state index in [4.69, 9.17) is 0 Å². The number of rotatable bonds is 7. The Morgan fingerprint density at radius 1 is 0.262 bits per heavy atom. The van der Waals surface area contributed by atoms with Gasteiger partial charge in [0.2, 0.25) is 0 Å². The number of hydrogen-bond donors (Lipinski definition) is 0. The normalized spacial score (nSPS) is 13.8. The summed E-state index contributed by atoms with van der Waals surface area (Å²) < 4.78 is 0. The van der Waals surface area contributed by atoms with Crippen molar-refractivity contribution in [2.75, 3.05) is 4.90 Å². The van der Waals surface area contributed by atoms with Gasteiger partial charge in [0.15, 0.2) is 0 Å². The molecule has 0 aliphatic heterocycles. The van der Waals surface area contributed by atoms with Crippen LogP contribution in [0.3, 0.4) is 0 Å². The predicted molar refractivity (Wildman–Crippen MR) is 258 cm³/mol. The maximum absolute atomic E-state index is 2.61. The summed E-state index contributed by atoms with van der Waals surface area (Å²) in [5.41, 5.74) is 23.4. The smallest absolute Gasteiger partial charge is 0.0546 e. The summed E-state index contributed by atoms with van der Waals surface area (Å²) in [7, 11) is 0. The second-order valence-corrected chi connectivity index (χ2v) is 17.6. The van der Waals surface area contributed by atoms with E-state index in [1.54, 1.807) is 0 Å². The van der Waals surface area contributed by atoms with Crippen LogP contribution in [0.5, 0.6) is 0 Å². The van der Waals surface area contributed by atoms with Gasteiger partial charge in [-0.1, -0.05) is 222 Å². The summed E-state index contributed by atoms with van der Waals surface area (Å²) in [4.78, 5) is 2.61. The van der Waals surface area contributed by atoms with Crippen LogP contribution in [0.25, 0.3) is 66.8 Å². The third kappa shape index (κ3) is 5.68. The summed E-state index contributed by atoms with van der Waals surface area (Å²) in [5, 5.41) is 0. The van der Waals surface area contributed by atoms with Gasteiger partial charge in [-0.2, -0.15) is 0 Å². The lowest BCUT2D eigenvalue weighted by atomic mass is 9.80. The van der Waals surface area contributed by atoms with Gasteiger partial charge in [-0.25, -0.2) is 0 Å². The Bertz CT molecular complexity index is 3130. The van der Waals surface area contributed by atoms with Crippen molar-refractivity contribution in [3.05, 3.63) is 235 Å². The first kappa shape index (κ1) is 36.8. The van der Waals surface area contributed by atoms with Crippen LogP contribution >= 0.6 is 0 Å². The average Bonchev–Trinajstić information content (AvgIpc) is 3.70. The molecule has 0 fully saturated rings. The van der Waals surface area contributed by atoms with E-state index in [1.165, 1.54) is 94.7 Å². The first-order valence-corrected chi connectivity index (χ1v) is 21.5. The van der Waals surface area contributed by atoms with Crippen molar-refractivity contribution in [2.24, 2.45) is 0 Å². The molecule has 0 amide bonds. The molecule has 292 valence electrons. The third-order valence-corrected chi connectivity index (χ3v) is 13.5. The highest BCUT2D eigenvalue weighted by Crippen LogP contribution is 2.58. The lowest BCUT2D eigenvalue weighted by Crippen LogP contribution is -2.21.